The number of allylic oxidation sites excluding steroid dienone is 2. The van der Waals surface area contributed by atoms with Crippen LogP contribution in [0.25, 0.3) is 0 Å². The van der Waals surface area contributed by atoms with E-state index in [9.17, 15) is 9.59 Å². The molecule has 0 spiro atoms. The van der Waals surface area contributed by atoms with Crippen LogP contribution in [0.2, 0.25) is 0 Å². The van der Waals surface area contributed by atoms with Crippen molar-refractivity contribution in [1.29, 1.82) is 0 Å². The van der Waals surface area contributed by atoms with Gasteiger partial charge in [0.2, 0.25) is 0 Å². The van der Waals surface area contributed by atoms with E-state index >= 15 is 0 Å². The topological polar surface area (TPSA) is 43.4 Å². The second kappa shape index (κ2) is 3.80. The zero-order valence-electron chi connectivity index (χ0n) is 9.10. The minimum Gasteiger partial charge on any atom is -0.469 e. The molecule has 0 unspecified atom stereocenters. The highest BCUT2D eigenvalue weighted by Gasteiger charge is 2.48. The molecule has 1 fully saturated rings. The number of hydrogen-bond donors (Lipinski definition) is 0. The van der Waals surface area contributed by atoms with Gasteiger partial charge < -0.3 is 9.53 Å². The first-order valence-electron chi connectivity index (χ1n) is 5.39. The summed E-state index contributed by atoms with van der Waals surface area (Å²) in [5, 5.41) is 0. The molecule has 82 valence electrons. The van der Waals surface area contributed by atoms with Gasteiger partial charge in [-0.15, -0.1) is 0 Å². The summed E-state index contributed by atoms with van der Waals surface area (Å²) in [6.45, 7) is 1.59. The predicted octanol–water partition coefficient (Wildman–Crippen LogP) is 1.58. The molecule has 2 aliphatic carbocycles. The summed E-state index contributed by atoms with van der Waals surface area (Å²) in [6, 6.07) is 0. The van der Waals surface area contributed by atoms with Crippen LogP contribution in [0.3, 0.4) is 0 Å². The average Bonchev–Trinajstić information content (AvgIpc) is 2.76. The Morgan fingerprint density at radius 3 is 2.60 bits per heavy atom. The van der Waals surface area contributed by atoms with E-state index in [0.29, 0.717) is 18.3 Å². The second-order valence-corrected chi connectivity index (χ2v) is 4.57. The third-order valence-electron chi connectivity index (χ3n) is 3.62. The van der Waals surface area contributed by atoms with Crippen LogP contribution in [0, 0.1) is 23.7 Å². The number of methoxy groups -OCH3 is 1. The molecule has 0 N–H and O–H groups in total. The normalized spacial score (nSPS) is 36.9. The van der Waals surface area contributed by atoms with Crippen LogP contribution in [0.4, 0.5) is 0 Å². The van der Waals surface area contributed by atoms with E-state index in [2.05, 4.69) is 12.2 Å². The lowest BCUT2D eigenvalue weighted by Gasteiger charge is -2.24. The fourth-order valence-electron chi connectivity index (χ4n) is 3.02. The first-order chi connectivity index (χ1) is 7.13. The van der Waals surface area contributed by atoms with Gasteiger partial charge in [-0.3, -0.25) is 4.79 Å². The molecule has 0 aromatic rings. The molecule has 2 bridgehead atoms. The predicted molar refractivity (Wildman–Crippen MR) is 55.0 cm³/mol. The number of ether oxygens (including phenoxy) is 1. The molecule has 0 radical (unpaired) electrons. The minimum absolute atomic E-state index is 0.0890. The van der Waals surface area contributed by atoms with Crippen molar-refractivity contribution < 1.29 is 14.3 Å². The van der Waals surface area contributed by atoms with E-state index in [-0.39, 0.29) is 23.6 Å². The Hall–Kier alpha value is -1.12. The number of fused-ring (bicyclic) bond motifs is 2. The zero-order valence-corrected chi connectivity index (χ0v) is 9.10. The number of hydrogen-bond acceptors (Lipinski definition) is 3. The Kier molecular flexibility index (Phi) is 2.63. The maximum absolute atomic E-state index is 11.6. The van der Waals surface area contributed by atoms with E-state index in [1.54, 1.807) is 6.92 Å². The second-order valence-electron chi connectivity index (χ2n) is 4.57. The molecule has 15 heavy (non-hydrogen) atoms. The molecule has 4 atom stereocenters. The number of rotatable bonds is 3. The van der Waals surface area contributed by atoms with Gasteiger partial charge in [0, 0.05) is 6.42 Å². The van der Waals surface area contributed by atoms with Gasteiger partial charge in [0.15, 0.2) is 0 Å². The van der Waals surface area contributed by atoms with Gasteiger partial charge in [-0.25, -0.2) is 0 Å². The Labute approximate surface area is 89.5 Å². The summed E-state index contributed by atoms with van der Waals surface area (Å²) in [4.78, 5) is 22.8. The molecule has 0 saturated heterocycles. The Morgan fingerprint density at radius 1 is 1.33 bits per heavy atom. The molecule has 3 nitrogen and oxygen atoms in total. The van der Waals surface area contributed by atoms with E-state index in [1.807, 2.05) is 0 Å². The van der Waals surface area contributed by atoms with Crippen molar-refractivity contribution in [3.63, 3.8) is 0 Å². The number of Topliss-reactive ketones (excluding diaryl/α,β-unsaturated/α-hetero) is 1. The van der Waals surface area contributed by atoms with Crippen LogP contribution < -0.4 is 0 Å². The Bertz CT molecular complexity index is 319. The van der Waals surface area contributed by atoms with E-state index in [1.165, 1.54) is 7.11 Å². The lowest BCUT2D eigenvalue weighted by atomic mass is 9.80. The van der Waals surface area contributed by atoms with Gasteiger partial charge in [-0.2, -0.15) is 0 Å². The van der Waals surface area contributed by atoms with Gasteiger partial charge in [0.25, 0.3) is 0 Å². The van der Waals surface area contributed by atoms with Crippen LogP contribution in [0.1, 0.15) is 19.8 Å². The highest BCUT2D eigenvalue weighted by atomic mass is 16.5. The molecule has 3 heteroatoms. The van der Waals surface area contributed by atoms with Crippen LogP contribution >= 0.6 is 0 Å². The highest BCUT2D eigenvalue weighted by molar-refractivity contribution is 5.79. The third-order valence-corrected chi connectivity index (χ3v) is 3.62. The number of carbonyl (C=O) groups excluding carboxylic acids is 2. The number of carbonyl (C=O) groups is 2. The highest BCUT2D eigenvalue weighted by Crippen LogP contribution is 2.49. The molecule has 1 saturated carbocycles. The summed E-state index contributed by atoms with van der Waals surface area (Å²) < 4.78 is 4.81. The lowest BCUT2D eigenvalue weighted by molar-refractivity contribution is -0.148. The van der Waals surface area contributed by atoms with E-state index < -0.39 is 0 Å². The van der Waals surface area contributed by atoms with Crippen LogP contribution in [-0.4, -0.2) is 18.9 Å². The molecule has 0 aromatic heterocycles. The summed E-state index contributed by atoms with van der Waals surface area (Å²) >= 11 is 0. The zero-order chi connectivity index (χ0) is 11.0. The largest absolute Gasteiger partial charge is 0.469 e. The Morgan fingerprint density at radius 2 is 2.00 bits per heavy atom. The molecular formula is C12H16O3. The van der Waals surface area contributed by atoms with Gasteiger partial charge in [0.1, 0.15) is 5.78 Å². The summed E-state index contributed by atoms with van der Waals surface area (Å²) in [5.74, 6) is 0.793. The average molecular weight is 208 g/mol. The van der Waals surface area contributed by atoms with Crippen LogP contribution in [0.5, 0.6) is 0 Å². The van der Waals surface area contributed by atoms with Crippen LogP contribution in [-0.2, 0) is 14.3 Å². The monoisotopic (exact) mass is 208 g/mol. The van der Waals surface area contributed by atoms with E-state index in [0.717, 1.165) is 6.42 Å². The number of esters is 1. The van der Waals surface area contributed by atoms with Crippen molar-refractivity contribution in [2.24, 2.45) is 23.7 Å². The van der Waals surface area contributed by atoms with Gasteiger partial charge in [0.05, 0.1) is 13.0 Å². The molecule has 0 aromatic carbocycles. The molecule has 2 rings (SSSR count). The molecular weight excluding hydrogens is 192 g/mol. The summed E-state index contributed by atoms with van der Waals surface area (Å²) in [6.07, 6.45) is 5.77. The first-order valence-corrected chi connectivity index (χ1v) is 5.39. The van der Waals surface area contributed by atoms with Crippen LogP contribution in [0.15, 0.2) is 12.2 Å². The molecule has 0 aliphatic heterocycles. The van der Waals surface area contributed by atoms with Crippen molar-refractivity contribution in [3.8, 4) is 0 Å². The quantitative estimate of drug-likeness (QED) is 0.522. The van der Waals surface area contributed by atoms with Crippen molar-refractivity contribution in [1.82, 2.24) is 0 Å². The third kappa shape index (κ3) is 1.71. The lowest BCUT2D eigenvalue weighted by Crippen LogP contribution is -2.29. The minimum atomic E-state index is -0.155. The molecule has 0 heterocycles. The number of ketones is 1. The standard InChI is InChI=1S/C12H16O3/c1-7(13)5-10-8-3-4-9(6-8)11(10)12(14)15-2/h3-4,8-11H,5-6H2,1-2H3/t8-,9-,10-,11+/m0/s1. The Balaban J connectivity index is 2.16. The molecule has 0 amide bonds. The smallest absolute Gasteiger partial charge is 0.309 e. The molecule has 2 aliphatic rings. The maximum Gasteiger partial charge on any atom is 0.309 e. The van der Waals surface area contributed by atoms with Gasteiger partial charge in [-0.05, 0) is 31.1 Å². The maximum atomic E-state index is 11.6. The summed E-state index contributed by atoms with van der Waals surface area (Å²) in [5.41, 5.74) is 0. The summed E-state index contributed by atoms with van der Waals surface area (Å²) in [7, 11) is 1.42. The van der Waals surface area contributed by atoms with Crippen molar-refractivity contribution in [2.45, 2.75) is 19.8 Å². The SMILES string of the molecule is COC(=O)[C@H]1[C@@H](CC(C)=O)[C@H]2C=C[C@H]1C2. The fraction of sp³-hybridized carbons (Fsp3) is 0.667. The van der Waals surface area contributed by atoms with Crippen molar-refractivity contribution >= 4 is 11.8 Å². The fourth-order valence-corrected chi connectivity index (χ4v) is 3.02. The van der Waals surface area contributed by atoms with Gasteiger partial charge in [-0.1, -0.05) is 12.2 Å². The van der Waals surface area contributed by atoms with Crippen molar-refractivity contribution in [3.05, 3.63) is 12.2 Å². The van der Waals surface area contributed by atoms with Gasteiger partial charge >= 0.3 is 5.97 Å². The van der Waals surface area contributed by atoms with E-state index in [4.69, 9.17) is 4.74 Å². The first kappa shape index (κ1) is 10.4. The van der Waals surface area contributed by atoms with Crippen molar-refractivity contribution in [2.75, 3.05) is 7.11 Å².